The lowest BCUT2D eigenvalue weighted by atomic mass is 9.92. The first-order valence-corrected chi connectivity index (χ1v) is 6.18. The van der Waals surface area contributed by atoms with Crippen LogP contribution < -0.4 is 5.32 Å². The zero-order chi connectivity index (χ0) is 12.2. The van der Waals surface area contributed by atoms with Gasteiger partial charge in [0.2, 0.25) is 0 Å². The van der Waals surface area contributed by atoms with Crippen LogP contribution in [0.15, 0.2) is 30.3 Å². The van der Waals surface area contributed by atoms with Crippen molar-refractivity contribution in [1.29, 1.82) is 0 Å². The van der Waals surface area contributed by atoms with Gasteiger partial charge in [-0.05, 0) is 16.9 Å². The van der Waals surface area contributed by atoms with Gasteiger partial charge in [0.15, 0.2) is 0 Å². The largest absolute Gasteiger partial charge is 0.309 e. The van der Waals surface area contributed by atoms with E-state index in [1.807, 2.05) is 0 Å². The van der Waals surface area contributed by atoms with Crippen molar-refractivity contribution in [3.63, 3.8) is 0 Å². The van der Waals surface area contributed by atoms with Gasteiger partial charge in [0.05, 0.1) is 0 Å². The Morgan fingerprint density at radius 2 is 1.62 bits per heavy atom. The minimum absolute atomic E-state index is 0.335. The molecule has 0 aliphatic rings. The molecule has 0 radical (unpaired) electrons. The SMILES string of the molecule is CC(C)C(NCC(C)(C)C)c1ccccc1. The maximum Gasteiger partial charge on any atom is 0.0343 e. The Balaban J connectivity index is 2.70. The fourth-order valence-electron chi connectivity index (χ4n) is 1.81. The van der Waals surface area contributed by atoms with Gasteiger partial charge in [-0.2, -0.15) is 0 Å². The fourth-order valence-corrected chi connectivity index (χ4v) is 1.81. The second kappa shape index (κ2) is 5.49. The van der Waals surface area contributed by atoms with Gasteiger partial charge in [-0.1, -0.05) is 65.0 Å². The maximum atomic E-state index is 3.68. The smallest absolute Gasteiger partial charge is 0.0343 e. The van der Waals surface area contributed by atoms with Crippen molar-refractivity contribution in [1.82, 2.24) is 5.32 Å². The average molecular weight is 219 g/mol. The molecule has 0 saturated carbocycles. The highest BCUT2D eigenvalue weighted by Crippen LogP contribution is 2.23. The number of benzene rings is 1. The zero-order valence-corrected chi connectivity index (χ0v) is 11.2. The third kappa shape index (κ3) is 4.36. The highest BCUT2D eigenvalue weighted by Gasteiger charge is 2.18. The summed E-state index contributed by atoms with van der Waals surface area (Å²) in [5, 5.41) is 3.68. The lowest BCUT2D eigenvalue weighted by molar-refractivity contribution is 0.318. The molecule has 90 valence electrons. The molecule has 1 nitrogen and oxygen atoms in total. The molecule has 0 fully saturated rings. The van der Waals surface area contributed by atoms with Gasteiger partial charge < -0.3 is 5.32 Å². The van der Waals surface area contributed by atoms with Crippen LogP contribution in [0.1, 0.15) is 46.2 Å². The van der Waals surface area contributed by atoms with Gasteiger partial charge >= 0.3 is 0 Å². The molecule has 1 aromatic carbocycles. The molecule has 0 aliphatic heterocycles. The summed E-state index contributed by atoms with van der Waals surface area (Å²) in [4.78, 5) is 0. The molecule has 0 amide bonds. The Morgan fingerprint density at radius 1 is 1.06 bits per heavy atom. The molecule has 1 atom stereocenters. The van der Waals surface area contributed by atoms with E-state index in [4.69, 9.17) is 0 Å². The normalized spacial score (nSPS) is 14.1. The topological polar surface area (TPSA) is 12.0 Å². The number of hydrogen-bond acceptors (Lipinski definition) is 1. The van der Waals surface area contributed by atoms with E-state index in [1.165, 1.54) is 5.56 Å². The molecule has 0 bridgehead atoms. The Morgan fingerprint density at radius 3 is 2.06 bits per heavy atom. The fraction of sp³-hybridized carbons (Fsp3) is 0.600. The lowest BCUT2D eigenvalue weighted by Gasteiger charge is -2.27. The van der Waals surface area contributed by atoms with Crippen LogP contribution in [0.5, 0.6) is 0 Å². The van der Waals surface area contributed by atoms with Crippen molar-refractivity contribution in [2.24, 2.45) is 11.3 Å². The highest BCUT2D eigenvalue weighted by atomic mass is 14.9. The molecule has 1 aromatic rings. The maximum absolute atomic E-state index is 3.68. The van der Waals surface area contributed by atoms with E-state index in [1.54, 1.807) is 0 Å². The molecule has 16 heavy (non-hydrogen) atoms. The van der Waals surface area contributed by atoms with Gasteiger partial charge in [0, 0.05) is 12.6 Å². The summed E-state index contributed by atoms with van der Waals surface area (Å²) in [6.07, 6.45) is 0. The number of nitrogens with one attached hydrogen (secondary N) is 1. The molecular formula is C15H25N. The summed E-state index contributed by atoms with van der Waals surface area (Å²) in [5.74, 6) is 0.616. The van der Waals surface area contributed by atoms with Gasteiger partial charge in [0.25, 0.3) is 0 Å². The van der Waals surface area contributed by atoms with Gasteiger partial charge in [-0.25, -0.2) is 0 Å². The van der Waals surface area contributed by atoms with Crippen LogP contribution in [0.25, 0.3) is 0 Å². The third-order valence-corrected chi connectivity index (χ3v) is 2.68. The second-order valence-electron chi connectivity index (χ2n) is 6.07. The average Bonchev–Trinajstić information content (AvgIpc) is 2.17. The third-order valence-electron chi connectivity index (χ3n) is 2.68. The quantitative estimate of drug-likeness (QED) is 0.806. The summed E-state index contributed by atoms with van der Waals surface area (Å²) < 4.78 is 0. The molecule has 0 aliphatic carbocycles. The molecule has 0 saturated heterocycles. The molecule has 1 rings (SSSR count). The van der Waals surface area contributed by atoms with Crippen LogP contribution in [0.2, 0.25) is 0 Å². The van der Waals surface area contributed by atoms with Crippen LogP contribution in [0, 0.1) is 11.3 Å². The first-order chi connectivity index (χ1) is 7.40. The summed E-state index contributed by atoms with van der Waals surface area (Å²) in [6, 6.07) is 11.2. The summed E-state index contributed by atoms with van der Waals surface area (Å²) in [6.45, 7) is 12.4. The van der Waals surface area contributed by atoms with Crippen LogP contribution in [0.3, 0.4) is 0 Å². The zero-order valence-electron chi connectivity index (χ0n) is 11.2. The summed E-state index contributed by atoms with van der Waals surface area (Å²) in [5.41, 5.74) is 1.73. The van der Waals surface area contributed by atoms with E-state index < -0.39 is 0 Å². The predicted octanol–water partition coefficient (Wildman–Crippen LogP) is 4.02. The van der Waals surface area contributed by atoms with Crippen molar-refractivity contribution in [2.75, 3.05) is 6.54 Å². The lowest BCUT2D eigenvalue weighted by Crippen LogP contribution is -2.33. The monoisotopic (exact) mass is 219 g/mol. The molecule has 1 unspecified atom stereocenters. The van der Waals surface area contributed by atoms with Gasteiger partial charge in [-0.3, -0.25) is 0 Å². The Bertz CT molecular complexity index is 295. The van der Waals surface area contributed by atoms with E-state index in [2.05, 4.69) is 70.3 Å². The molecule has 0 aromatic heterocycles. The van der Waals surface area contributed by atoms with E-state index in [9.17, 15) is 0 Å². The minimum Gasteiger partial charge on any atom is -0.309 e. The molecule has 0 spiro atoms. The van der Waals surface area contributed by atoms with E-state index in [0.29, 0.717) is 17.4 Å². The van der Waals surface area contributed by atoms with E-state index in [-0.39, 0.29) is 0 Å². The van der Waals surface area contributed by atoms with E-state index >= 15 is 0 Å². The summed E-state index contributed by atoms with van der Waals surface area (Å²) >= 11 is 0. The molecular weight excluding hydrogens is 194 g/mol. The number of rotatable bonds is 4. The van der Waals surface area contributed by atoms with Crippen LogP contribution in [-0.4, -0.2) is 6.54 Å². The van der Waals surface area contributed by atoms with Crippen LogP contribution >= 0.6 is 0 Å². The first kappa shape index (κ1) is 13.2. The predicted molar refractivity (Wildman–Crippen MR) is 71.5 cm³/mol. The Hall–Kier alpha value is -0.820. The highest BCUT2D eigenvalue weighted by molar-refractivity contribution is 5.19. The molecule has 0 heterocycles. The molecule has 1 heteroatoms. The van der Waals surface area contributed by atoms with Gasteiger partial charge in [0.1, 0.15) is 0 Å². The standard InChI is InChI=1S/C15H25N/c1-12(2)14(16-11-15(3,4)5)13-9-7-6-8-10-13/h6-10,12,14,16H,11H2,1-5H3. The second-order valence-corrected chi connectivity index (χ2v) is 6.07. The Labute approximate surface area is 100 Å². The van der Waals surface area contributed by atoms with Crippen molar-refractivity contribution < 1.29 is 0 Å². The van der Waals surface area contributed by atoms with Crippen molar-refractivity contribution in [3.05, 3.63) is 35.9 Å². The van der Waals surface area contributed by atoms with Crippen LogP contribution in [0.4, 0.5) is 0 Å². The summed E-state index contributed by atoms with van der Waals surface area (Å²) in [7, 11) is 0. The first-order valence-electron chi connectivity index (χ1n) is 6.18. The number of hydrogen-bond donors (Lipinski definition) is 1. The van der Waals surface area contributed by atoms with E-state index in [0.717, 1.165) is 6.54 Å². The van der Waals surface area contributed by atoms with Gasteiger partial charge in [-0.15, -0.1) is 0 Å². The molecule has 1 N–H and O–H groups in total. The van der Waals surface area contributed by atoms with Crippen molar-refractivity contribution in [2.45, 2.75) is 40.7 Å². The van der Waals surface area contributed by atoms with Crippen molar-refractivity contribution >= 4 is 0 Å². The van der Waals surface area contributed by atoms with Crippen molar-refractivity contribution in [3.8, 4) is 0 Å². The Kier molecular flexibility index (Phi) is 4.55. The van der Waals surface area contributed by atoms with Crippen LogP contribution in [-0.2, 0) is 0 Å². The minimum atomic E-state index is 0.335.